The minimum Gasteiger partial charge on any atom is -0.495 e. The van der Waals surface area contributed by atoms with Crippen LogP contribution in [0.2, 0.25) is 0 Å². The minimum absolute atomic E-state index is 0.107. The number of nitrogens with zero attached hydrogens (tertiary/aromatic N) is 1. The second-order valence-electron chi connectivity index (χ2n) is 3.69. The number of ether oxygens (including phenoxy) is 1. The molecule has 0 unspecified atom stereocenters. The van der Waals surface area contributed by atoms with Crippen LogP contribution in [0.3, 0.4) is 0 Å². The molecule has 0 aliphatic heterocycles. The molecule has 0 spiro atoms. The number of hydrogen-bond acceptors (Lipinski definition) is 3. The summed E-state index contributed by atoms with van der Waals surface area (Å²) in [6.45, 7) is 0. The summed E-state index contributed by atoms with van der Waals surface area (Å²) in [6, 6.07) is 1.89. The van der Waals surface area contributed by atoms with E-state index in [1.54, 1.807) is 0 Å². The fraction of sp³-hybridized carbons (Fsp3) is 0.333. The van der Waals surface area contributed by atoms with Crippen molar-refractivity contribution in [1.29, 1.82) is 0 Å². The Balaban J connectivity index is 2.44. The summed E-state index contributed by atoms with van der Waals surface area (Å²) in [5.74, 6) is -0.331. The lowest BCUT2D eigenvalue weighted by Gasteiger charge is -2.14. The number of fused-ring (bicyclic) bond motifs is 1. The summed E-state index contributed by atoms with van der Waals surface area (Å²) in [5.41, 5.74) is 2.47. The standard InChI is InChI=1S/C12H13NO3/c1-16-11-6-8-4-2-3-5-9(8)13-10(11)7-12(14)15/h3,5-6H,2,4,7H2,1H3,(H,14,15). The van der Waals surface area contributed by atoms with Crippen molar-refractivity contribution in [2.45, 2.75) is 19.3 Å². The van der Waals surface area contributed by atoms with Gasteiger partial charge in [0.15, 0.2) is 0 Å². The normalized spacial score (nSPS) is 13.3. The molecule has 1 aromatic rings. The number of hydrogen-bond donors (Lipinski definition) is 1. The molecule has 0 radical (unpaired) electrons. The molecular weight excluding hydrogens is 206 g/mol. The fourth-order valence-electron chi connectivity index (χ4n) is 1.81. The van der Waals surface area contributed by atoms with Crippen molar-refractivity contribution in [1.82, 2.24) is 4.98 Å². The van der Waals surface area contributed by atoms with Crippen molar-refractivity contribution in [2.24, 2.45) is 0 Å². The number of carboxylic acid groups (broad SMARTS) is 1. The van der Waals surface area contributed by atoms with Gasteiger partial charge in [-0.2, -0.15) is 0 Å². The first-order valence-corrected chi connectivity index (χ1v) is 5.16. The first-order chi connectivity index (χ1) is 7.70. The quantitative estimate of drug-likeness (QED) is 0.840. The summed E-state index contributed by atoms with van der Waals surface area (Å²) in [7, 11) is 1.54. The third kappa shape index (κ3) is 2.05. The largest absolute Gasteiger partial charge is 0.495 e. The predicted octanol–water partition coefficient (Wildman–Crippen LogP) is 1.68. The zero-order chi connectivity index (χ0) is 11.5. The van der Waals surface area contributed by atoms with E-state index in [9.17, 15) is 4.79 Å². The van der Waals surface area contributed by atoms with E-state index in [1.165, 1.54) is 7.11 Å². The highest BCUT2D eigenvalue weighted by Gasteiger charge is 2.14. The smallest absolute Gasteiger partial charge is 0.309 e. The van der Waals surface area contributed by atoms with E-state index in [-0.39, 0.29) is 6.42 Å². The molecule has 16 heavy (non-hydrogen) atoms. The lowest BCUT2D eigenvalue weighted by molar-refractivity contribution is -0.136. The second-order valence-corrected chi connectivity index (χ2v) is 3.69. The number of rotatable bonds is 3. The molecule has 0 atom stereocenters. The fourth-order valence-corrected chi connectivity index (χ4v) is 1.81. The number of carboxylic acids is 1. The Labute approximate surface area is 93.6 Å². The maximum Gasteiger partial charge on any atom is 0.309 e. The maximum absolute atomic E-state index is 10.7. The zero-order valence-corrected chi connectivity index (χ0v) is 9.06. The summed E-state index contributed by atoms with van der Waals surface area (Å²) in [6.07, 6.45) is 5.80. The van der Waals surface area contributed by atoms with Gasteiger partial charge >= 0.3 is 5.97 Å². The molecule has 84 valence electrons. The molecule has 0 amide bonds. The van der Waals surface area contributed by atoms with Gasteiger partial charge in [0.25, 0.3) is 0 Å². The van der Waals surface area contributed by atoms with Crippen LogP contribution in [0.25, 0.3) is 6.08 Å². The Hall–Kier alpha value is -1.84. The van der Waals surface area contributed by atoms with Crippen molar-refractivity contribution in [3.63, 3.8) is 0 Å². The van der Waals surface area contributed by atoms with Gasteiger partial charge in [-0.15, -0.1) is 0 Å². The number of allylic oxidation sites excluding steroid dienone is 1. The Morgan fingerprint density at radius 2 is 2.44 bits per heavy atom. The number of aryl methyl sites for hydroxylation is 1. The van der Waals surface area contributed by atoms with E-state index < -0.39 is 5.97 Å². The molecule has 4 nitrogen and oxygen atoms in total. The Kier molecular flexibility index (Phi) is 2.90. The van der Waals surface area contributed by atoms with Gasteiger partial charge in [-0.3, -0.25) is 4.79 Å². The molecule has 1 heterocycles. The topological polar surface area (TPSA) is 59.4 Å². The Bertz CT molecular complexity index is 452. The van der Waals surface area contributed by atoms with E-state index in [1.807, 2.05) is 18.2 Å². The van der Waals surface area contributed by atoms with Gasteiger partial charge in [0.1, 0.15) is 5.75 Å². The van der Waals surface area contributed by atoms with Gasteiger partial charge in [-0.1, -0.05) is 6.08 Å². The first kappa shape index (κ1) is 10.7. The highest BCUT2D eigenvalue weighted by atomic mass is 16.5. The number of carbonyl (C=O) groups is 1. The average molecular weight is 219 g/mol. The zero-order valence-electron chi connectivity index (χ0n) is 9.06. The number of methoxy groups -OCH3 is 1. The van der Waals surface area contributed by atoms with Crippen molar-refractivity contribution >= 4 is 12.0 Å². The molecule has 4 heteroatoms. The third-order valence-electron chi connectivity index (χ3n) is 2.57. The SMILES string of the molecule is COc1cc2c(nc1CC(=O)O)C=CCC2. The average Bonchev–Trinajstić information content (AvgIpc) is 2.27. The van der Waals surface area contributed by atoms with E-state index in [0.29, 0.717) is 11.4 Å². The summed E-state index contributed by atoms with van der Waals surface area (Å²) >= 11 is 0. The number of pyridine rings is 1. The van der Waals surface area contributed by atoms with Crippen LogP contribution < -0.4 is 4.74 Å². The van der Waals surface area contributed by atoms with Gasteiger partial charge in [0, 0.05) is 0 Å². The van der Waals surface area contributed by atoms with Crippen LogP contribution in [-0.2, 0) is 17.6 Å². The third-order valence-corrected chi connectivity index (χ3v) is 2.57. The summed E-state index contributed by atoms with van der Waals surface area (Å²) in [4.78, 5) is 15.0. The maximum atomic E-state index is 10.7. The number of aliphatic carboxylic acids is 1. The van der Waals surface area contributed by atoms with Crippen molar-refractivity contribution in [2.75, 3.05) is 7.11 Å². The van der Waals surface area contributed by atoms with Crippen LogP contribution in [0.4, 0.5) is 0 Å². The lowest BCUT2D eigenvalue weighted by atomic mass is 10.0. The molecule has 0 saturated carbocycles. The van der Waals surface area contributed by atoms with Gasteiger partial charge in [0.05, 0.1) is 24.9 Å². The van der Waals surface area contributed by atoms with Crippen molar-refractivity contribution < 1.29 is 14.6 Å². The van der Waals surface area contributed by atoms with Crippen LogP contribution >= 0.6 is 0 Å². The molecule has 1 aliphatic rings. The van der Waals surface area contributed by atoms with Crippen molar-refractivity contribution in [3.8, 4) is 5.75 Å². The van der Waals surface area contributed by atoms with Crippen LogP contribution in [0.15, 0.2) is 12.1 Å². The molecule has 1 N–H and O–H groups in total. The van der Waals surface area contributed by atoms with E-state index in [0.717, 1.165) is 24.1 Å². The Morgan fingerprint density at radius 3 is 3.12 bits per heavy atom. The van der Waals surface area contributed by atoms with Crippen molar-refractivity contribution in [3.05, 3.63) is 29.1 Å². The van der Waals surface area contributed by atoms with Crippen LogP contribution in [-0.4, -0.2) is 23.2 Å². The van der Waals surface area contributed by atoms with Gasteiger partial charge in [-0.05, 0) is 30.5 Å². The van der Waals surface area contributed by atoms with Gasteiger partial charge < -0.3 is 9.84 Å². The van der Waals surface area contributed by atoms with E-state index in [2.05, 4.69) is 4.98 Å². The Morgan fingerprint density at radius 1 is 1.62 bits per heavy atom. The predicted molar refractivity (Wildman–Crippen MR) is 59.5 cm³/mol. The molecule has 0 fully saturated rings. The van der Waals surface area contributed by atoms with Gasteiger partial charge in [-0.25, -0.2) is 4.98 Å². The molecule has 0 saturated heterocycles. The second kappa shape index (κ2) is 4.35. The van der Waals surface area contributed by atoms with Crippen LogP contribution in [0.1, 0.15) is 23.4 Å². The highest BCUT2D eigenvalue weighted by Crippen LogP contribution is 2.25. The minimum atomic E-state index is -0.898. The molecule has 2 rings (SSSR count). The molecular formula is C12H13NO3. The van der Waals surface area contributed by atoms with E-state index >= 15 is 0 Å². The molecule has 1 aromatic heterocycles. The summed E-state index contributed by atoms with van der Waals surface area (Å²) in [5, 5.41) is 8.78. The molecule has 1 aliphatic carbocycles. The monoisotopic (exact) mass is 219 g/mol. The van der Waals surface area contributed by atoms with Crippen LogP contribution in [0, 0.1) is 0 Å². The molecule has 0 bridgehead atoms. The lowest BCUT2D eigenvalue weighted by Crippen LogP contribution is -2.08. The van der Waals surface area contributed by atoms with Crippen LogP contribution in [0.5, 0.6) is 5.75 Å². The van der Waals surface area contributed by atoms with E-state index in [4.69, 9.17) is 9.84 Å². The van der Waals surface area contributed by atoms with Gasteiger partial charge in [0.2, 0.25) is 0 Å². The highest BCUT2D eigenvalue weighted by molar-refractivity contribution is 5.71. The molecule has 0 aromatic carbocycles. The number of aromatic nitrogens is 1. The summed E-state index contributed by atoms with van der Waals surface area (Å²) < 4.78 is 5.16. The first-order valence-electron chi connectivity index (χ1n) is 5.16.